The topological polar surface area (TPSA) is 71.0 Å². The number of nitrogens with one attached hydrogen (secondary N) is 1. The molecule has 1 N–H and O–H groups in total. The lowest BCUT2D eigenvalue weighted by Gasteiger charge is -2.22. The Hall–Kier alpha value is -1.03. The molecule has 0 bridgehead atoms. The normalized spacial score (nSPS) is 11.6. The average Bonchev–Trinajstić information content (AvgIpc) is 2.45. The van der Waals surface area contributed by atoms with Crippen molar-refractivity contribution >= 4 is 39.8 Å². The number of ether oxygens (including phenoxy) is 1. The Kier molecular flexibility index (Phi) is 10.2. The maximum atomic E-state index is 11.1. The van der Waals surface area contributed by atoms with Gasteiger partial charge in [-0.05, 0) is 24.6 Å². The molecule has 0 atom stereocenters. The van der Waals surface area contributed by atoms with E-state index in [0.29, 0.717) is 25.7 Å². The van der Waals surface area contributed by atoms with E-state index >= 15 is 0 Å². The lowest BCUT2D eigenvalue weighted by Crippen LogP contribution is -2.40. The van der Waals surface area contributed by atoms with E-state index in [0.717, 1.165) is 11.3 Å². The summed E-state index contributed by atoms with van der Waals surface area (Å²) < 4.78 is 27.7. The summed E-state index contributed by atoms with van der Waals surface area (Å²) in [5.41, 5.74) is 1.12. The summed E-state index contributed by atoms with van der Waals surface area (Å²) in [6.07, 6.45) is 1.22. The highest BCUT2D eigenvalue weighted by atomic mass is 127. The maximum Gasteiger partial charge on any atom is 0.193 e. The molecule has 0 amide bonds. The number of hydrogen-bond acceptors (Lipinski definition) is 4. The van der Waals surface area contributed by atoms with E-state index in [1.54, 1.807) is 7.05 Å². The molecule has 1 rings (SSSR count). The van der Waals surface area contributed by atoms with Crippen LogP contribution in [0.4, 0.5) is 0 Å². The zero-order chi connectivity index (χ0) is 16.6. The van der Waals surface area contributed by atoms with Gasteiger partial charge in [-0.1, -0.05) is 12.1 Å². The predicted molar refractivity (Wildman–Crippen MR) is 106 cm³/mol. The minimum absolute atomic E-state index is 0. The van der Waals surface area contributed by atoms with E-state index < -0.39 is 9.84 Å². The van der Waals surface area contributed by atoms with Crippen LogP contribution in [0.5, 0.6) is 5.75 Å². The molecular weight excluding hydrogens is 429 g/mol. The molecule has 132 valence electrons. The highest BCUT2D eigenvalue weighted by Gasteiger charge is 2.08. The summed E-state index contributed by atoms with van der Waals surface area (Å²) in [5, 5.41) is 3.05. The second-order valence-electron chi connectivity index (χ2n) is 5.04. The van der Waals surface area contributed by atoms with Gasteiger partial charge in [0, 0.05) is 33.4 Å². The Morgan fingerprint density at radius 3 is 2.39 bits per heavy atom. The first-order valence-electron chi connectivity index (χ1n) is 7.17. The van der Waals surface area contributed by atoms with Crippen LogP contribution in [0.15, 0.2) is 29.3 Å². The quantitative estimate of drug-likeness (QED) is 0.386. The van der Waals surface area contributed by atoms with Gasteiger partial charge in [0.2, 0.25) is 0 Å². The Labute approximate surface area is 156 Å². The molecular formula is C15H26IN3O3S. The number of rotatable bonds is 7. The standard InChI is InChI=1S/C15H25N3O3S.HI/c1-5-21-14-8-6-13(7-9-14)12-18(3)15(16-2)17-10-11-22(4,19)20;/h6-9H,5,10-12H2,1-4H3,(H,16,17);1H. The van der Waals surface area contributed by atoms with Crippen molar-refractivity contribution in [3.05, 3.63) is 29.8 Å². The molecule has 23 heavy (non-hydrogen) atoms. The third kappa shape index (κ3) is 8.99. The molecule has 0 saturated heterocycles. The van der Waals surface area contributed by atoms with Crippen molar-refractivity contribution < 1.29 is 13.2 Å². The number of aliphatic imine (C=N–C) groups is 1. The third-order valence-electron chi connectivity index (χ3n) is 2.98. The fourth-order valence-corrected chi connectivity index (χ4v) is 2.41. The molecule has 0 saturated carbocycles. The number of sulfone groups is 1. The van der Waals surface area contributed by atoms with Crippen LogP contribution >= 0.6 is 24.0 Å². The van der Waals surface area contributed by atoms with Gasteiger partial charge in [-0.3, -0.25) is 4.99 Å². The van der Waals surface area contributed by atoms with Gasteiger partial charge >= 0.3 is 0 Å². The molecule has 0 aromatic heterocycles. The number of hydrogen-bond donors (Lipinski definition) is 1. The van der Waals surface area contributed by atoms with Gasteiger partial charge < -0.3 is 15.0 Å². The Bertz CT molecular complexity index is 588. The molecule has 0 fully saturated rings. The summed E-state index contributed by atoms with van der Waals surface area (Å²) in [5.74, 6) is 1.60. The molecule has 0 heterocycles. The van der Waals surface area contributed by atoms with E-state index in [1.165, 1.54) is 6.26 Å². The Morgan fingerprint density at radius 2 is 1.91 bits per heavy atom. The van der Waals surface area contributed by atoms with Crippen molar-refractivity contribution in [1.82, 2.24) is 10.2 Å². The first-order valence-corrected chi connectivity index (χ1v) is 9.23. The molecule has 1 aromatic carbocycles. The van der Waals surface area contributed by atoms with Gasteiger partial charge in [-0.15, -0.1) is 24.0 Å². The number of benzene rings is 1. The van der Waals surface area contributed by atoms with Gasteiger partial charge in [-0.2, -0.15) is 0 Å². The number of nitrogens with zero attached hydrogens (tertiary/aromatic N) is 2. The molecule has 1 aromatic rings. The van der Waals surface area contributed by atoms with Crippen molar-refractivity contribution in [3.8, 4) is 5.75 Å². The van der Waals surface area contributed by atoms with Crippen LogP contribution in [0.1, 0.15) is 12.5 Å². The molecule has 0 unspecified atom stereocenters. The van der Waals surface area contributed by atoms with Crippen LogP contribution in [0, 0.1) is 0 Å². The van der Waals surface area contributed by atoms with Crippen LogP contribution in [0.2, 0.25) is 0 Å². The van der Waals surface area contributed by atoms with Gasteiger partial charge in [0.05, 0.1) is 12.4 Å². The fourth-order valence-electron chi connectivity index (χ4n) is 1.94. The van der Waals surface area contributed by atoms with Gasteiger partial charge in [-0.25, -0.2) is 8.42 Å². The van der Waals surface area contributed by atoms with E-state index in [9.17, 15) is 8.42 Å². The average molecular weight is 455 g/mol. The fraction of sp³-hybridized carbons (Fsp3) is 0.533. The zero-order valence-corrected chi connectivity index (χ0v) is 17.2. The summed E-state index contributed by atoms with van der Waals surface area (Å²) in [6, 6.07) is 7.88. The smallest absolute Gasteiger partial charge is 0.193 e. The highest BCUT2D eigenvalue weighted by molar-refractivity contribution is 14.0. The lowest BCUT2D eigenvalue weighted by atomic mass is 10.2. The van der Waals surface area contributed by atoms with Crippen LogP contribution in [-0.2, 0) is 16.4 Å². The molecule has 8 heteroatoms. The molecule has 6 nitrogen and oxygen atoms in total. The minimum Gasteiger partial charge on any atom is -0.494 e. The first-order chi connectivity index (χ1) is 10.4. The summed E-state index contributed by atoms with van der Waals surface area (Å²) in [7, 11) is 0.614. The van der Waals surface area contributed by atoms with Crippen molar-refractivity contribution in [3.63, 3.8) is 0 Å². The van der Waals surface area contributed by atoms with E-state index in [4.69, 9.17) is 4.74 Å². The molecule has 0 aliphatic rings. The minimum atomic E-state index is -2.97. The van der Waals surface area contributed by atoms with Crippen molar-refractivity contribution in [2.24, 2.45) is 4.99 Å². The van der Waals surface area contributed by atoms with Crippen molar-refractivity contribution in [2.75, 3.05) is 39.3 Å². The molecule has 0 radical (unpaired) electrons. The zero-order valence-electron chi connectivity index (χ0n) is 14.1. The van der Waals surface area contributed by atoms with Crippen molar-refractivity contribution in [1.29, 1.82) is 0 Å². The van der Waals surface area contributed by atoms with E-state index in [2.05, 4.69) is 10.3 Å². The monoisotopic (exact) mass is 455 g/mol. The SMILES string of the molecule is CCOc1ccc(CN(C)C(=NC)NCCS(C)(=O)=O)cc1.I. The maximum absolute atomic E-state index is 11.1. The Balaban J connectivity index is 0.00000484. The molecule has 0 aliphatic carbocycles. The summed E-state index contributed by atoms with van der Waals surface area (Å²) in [4.78, 5) is 6.11. The molecule has 0 aliphatic heterocycles. The van der Waals surface area contributed by atoms with Crippen LogP contribution < -0.4 is 10.1 Å². The van der Waals surface area contributed by atoms with Crippen molar-refractivity contribution in [2.45, 2.75) is 13.5 Å². The highest BCUT2D eigenvalue weighted by Crippen LogP contribution is 2.13. The summed E-state index contributed by atoms with van der Waals surface area (Å²) >= 11 is 0. The summed E-state index contributed by atoms with van der Waals surface area (Å²) in [6.45, 7) is 3.62. The second-order valence-corrected chi connectivity index (χ2v) is 7.30. The molecule has 0 spiro atoms. The largest absolute Gasteiger partial charge is 0.494 e. The van der Waals surface area contributed by atoms with E-state index in [-0.39, 0.29) is 29.7 Å². The number of halogens is 1. The van der Waals surface area contributed by atoms with Crippen LogP contribution in [0.25, 0.3) is 0 Å². The van der Waals surface area contributed by atoms with Crippen LogP contribution in [-0.4, -0.2) is 58.5 Å². The Morgan fingerprint density at radius 1 is 1.30 bits per heavy atom. The van der Waals surface area contributed by atoms with E-state index in [1.807, 2.05) is 43.1 Å². The first kappa shape index (κ1) is 22.0. The third-order valence-corrected chi connectivity index (χ3v) is 3.93. The lowest BCUT2D eigenvalue weighted by molar-refractivity contribution is 0.340. The number of guanidine groups is 1. The van der Waals surface area contributed by atoms with Gasteiger partial charge in [0.15, 0.2) is 5.96 Å². The van der Waals surface area contributed by atoms with Gasteiger partial charge in [0.1, 0.15) is 15.6 Å². The van der Waals surface area contributed by atoms with Gasteiger partial charge in [0.25, 0.3) is 0 Å². The second kappa shape index (κ2) is 10.7. The van der Waals surface area contributed by atoms with Crippen LogP contribution in [0.3, 0.4) is 0 Å². The predicted octanol–water partition coefficient (Wildman–Crippen LogP) is 1.76.